The molecule has 6 nitrogen and oxygen atoms in total. The van der Waals surface area contributed by atoms with Crippen molar-refractivity contribution >= 4 is 5.91 Å². The van der Waals surface area contributed by atoms with E-state index in [2.05, 4.69) is 15.0 Å². The number of likely N-dealkylation sites (tertiary alicyclic amines) is 1. The number of pyridine rings is 1. The van der Waals surface area contributed by atoms with Gasteiger partial charge in [-0.2, -0.15) is 4.98 Å². The fourth-order valence-electron chi connectivity index (χ4n) is 5.30. The molecule has 2 saturated carbocycles. The van der Waals surface area contributed by atoms with Gasteiger partial charge in [0.2, 0.25) is 5.91 Å². The predicted octanol–water partition coefficient (Wildman–Crippen LogP) is 4.37. The molecular weight excluding hydrogens is 364 g/mol. The highest BCUT2D eigenvalue weighted by Gasteiger charge is 2.46. The van der Waals surface area contributed by atoms with Gasteiger partial charge in [0.25, 0.3) is 5.89 Å². The van der Waals surface area contributed by atoms with Crippen molar-refractivity contribution in [3.63, 3.8) is 0 Å². The summed E-state index contributed by atoms with van der Waals surface area (Å²) in [7, 11) is 0. The molecule has 3 heterocycles. The molecule has 1 atom stereocenters. The van der Waals surface area contributed by atoms with Gasteiger partial charge in [-0.15, -0.1) is 0 Å². The molecule has 0 bridgehead atoms. The summed E-state index contributed by atoms with van der Waals surface area (Å²) in [6, 6.07) is 3.82. The Morgan fingerprint density at radius 1 is 1.17 bits per heavy atom. The van der Waals surface area contributed by atoms with Crippen molar-refractivity contribution in [2.45, 2.75) is 69.6 Å². The molecule has 1 amide bonds. The molecule has 3 fully saturated rings. The molecule has 2 aliphatic carbocycles. The van der Waals surface area contributed by atoms with Gasteiger partial charge in [0.05, 0.1) is 11.0 Å². The predicted molar refractivity (Wildman–Crippen MR) is 109 cm³/mol. The van der Waals surface area contributed by atoms with Crippen molar-refractivity contribution in [1.82, 2.24) is 20.0 Å². The summed E-state index contributed by atoms with van der Waals surface area (Å²) in [5.74, 6) is 2.96. The molecule has 0 spiro atoms. The van der Waals surface area contributed by atoms with Crippen LogP contribution >= 0.6 is 0 Å². The number of piperidine rings is 1. The summed E-state index contributed by atoms with van der Waals surface area (Å²) in [6.45, 7) is 1.60. The molecule has 6 heteroatoms. The summed E-state index contributed by atoms with van der Waals surface area (Å²) in [5.41, 5.74) is 0.673. The second kappa shape index (κ2) is 7.88. The lowest BCUT2D eigenvalue weighted by molar-refractivity contribution is -0.134. The number of hydrogen-bond donors (Lipinski definition) is 0. The van der Waals surface area contributed by atoms with Gasteiger partial charge in [-0.25, -0.2) is 0 Å². The third-order valence-electron chi connectivity index (χ3n) is 7.05. The van der Waals surface area contributed by atoms with Crippen LogP contribution < -0.4 is 0 Å². The van der Waals surface area contributed by atoms with E-state index in [9.17, 15) is 4.79 Å². The van der Waals surface area contributed by atoms with E-state index in [0.717, 1.165) is 49.7 Å². The van der Waals surface area contributed by atoms with Crippen molar-refractivity contribution in [1.29, 1.82) is 0 Å². The largest absolute Gasteiger partial charge is 0.342 e. The average Bonchev–Trinajstić information content (AvgIpc) is 3.21. The summed E-state index contributed by atoms with van der Waals surface area (Å²) >= 11 is 0. The molecule has 1 saturated heterocycles. The Morgan fingerprint density at radius 3 is 2.79 bits per heavy atom. The van der Waals surface area contributed by atoms with Crippen LogP contribution in [0.1, 0.15) is 70.0 Å². The molecular formula is C23H30N4O2. The van der Waals surface area contributed by atoms with E-state index >= 15 is 0 Å². The topological polar surface area (TPSA) is 72.1 Å². The number of hydrogen-bond acceptors (Lipinski definition) is 5. The van der Waals surface area contributed by atoms with Crippen LogP contribution in [-0.2, 0) is 10.2 Å². The minimum absolute atomic E-state index is 0.172. The fraction of sp³-hybridized carbons (Fsp3) is 0.652. The van der Waals surface area contributed by atoms with Crippen LogP contribution in [-0.4, -0.2) is 39.0 Å². The van der Waals surface area contributed by atoms with E-state index in [1.807, 2.05) is 12.1 Å². The SMILES string of the molecule is O=C(CC1CCCC1)N1CCCC(CC2CC2)(c2noc(-c3cccnc3)n2)C1. The van der Waals surface area contributed by atoms with Crippen LogP contribution in [0.4, 0.5) is 0 Å². The van der Waals surface area contributed by atoms with Crippen molar-refractivity contribution in [2.75, 3.05) is 13.1 Å². The van der Waals surface area contributed by atoms with E-state index in [4.69, 9.17) is 9.51 Å². The highest BCUT2D eigenvalue weighted by atomic mass is 16.5. The first-order valence-electron chi connectivity index (χ1n) is 11.2. The number of aromatic nitrogens is 3. The first-order valence-corrected chi connectivity index (χ1v) is 11.2. The summed E-state index contributed by atoms with van der Waals surface area (Å²) in [6.07, 6.45) is 14.9. The molecule has 0 radical (unpaired) electrons. The molecule has 2 aromatic heterocycles. The van der Waals surface area contributed by atoms with E-state index in [1.165, 1.54) is 38.5 Å². The maximum atomic E-state index is 13.1. The van der Waals surface area contributed by atoms with Crippen molar-refractivity contribution < 1.29 is 9.32 Å². The first-order chi connectivity index (χ1) is 14.2. The van der Waals surface area contributed by atoms with Crippen molar-refractivity contribution in [2.24, 2.45) is 11.8 Å². The minimum Gasteiger partial charge on any atom is -0.342 e. The van der Waals surface area contributed by atoms with Gasteiger partial charge in [0.15, 0.2) is 5.82 Å². The molecule has 154 valence electrons. The number of rotatable bonds is 6. The van der Waals surface area contributed by atoms with Gasteiger partial charge in [0, 0.05) is 31.9 Å². The summed E-state index contributed by atoms with van der Waals surface area (Å²) in [4.78, 5) is 24.1. The number of carbonyl (C=O) groups excluding carboxylic acids is 1. The van der Waals surface area contributed by atoms with Gasteiger partial charge in [-0.3, -0.25) is 9.78 Å². The van der Waals surface area contributed by atoms with Gasteiger partial charge >= 0.3 is 0 Å². The normalized spacial score (nSPS) is 25.4. The lowest BCUT2D eigenvalue weighted by Gasteiger charge is -2.41. The second-order valence-corrected chi connectivity index (χ2v) is 9.37. The minimum atomic E-state index is -0.172. The van der Waals surface area contributed by atoms with E-state index in [0.29, 0.717) is 24.1 Å². The molecule has 5 rings (SSSR count). The van der Waals surface area contributed by atoms with Crippen LogP contribution in [0.3, 0.4) is 0 Å². The number of carbonyl (C=O) groups is 1. The first kappa shape index (κ1) is 18.8. The number of amides is 1. The average molecular weight is 395 g/mol. The zero-order valence-corrected chi connectivity index (χ0v) is 17.1. The maximum absolute atomic E-state index is 13.1. The lowest BCUT2D eigenvalue weighted by Crippen LogP contribution is -2.49. The molecule has 1 unspecified atom stereocenters. The number of nitrogens with zero attached hydrogens (tertiary/aromatic N) is 4. The Kier molecular flexibility index (Phi) is 5.10. The lowest BCUT2D eigenvalue weighted by atomic mass is 9.74. The third kappa shape index (κ3) is 4.07. The molecule has 2 aromatic rings. The quantitative estimate of drug-likeness (QED) is 0.727. The standard InChI is InChI=1S/C23H30N4O2/c28-20(13-17-5-1-2-6-17)27-12-4-10-23(16-27,14-18-8-9-18)22-25-21(29-26-22)19-7-3-11-24-15-19/h3,7,11,15,17-18H,1-2,4-6,8-10,12-14,16H2. The summed E-state index contributed by atoms with van der Waals surface area (Å²) in [5, 5.41) is 4.41. The van der Waals surface area contributed by atoms with Crippen LogP contribution in [0.25, 0.3) is 11.5 Å². The zero-order chi connectivity index (χ0) is 19.7. The zero-order valence-electron chi connectivity index (χ0n) is 17.1. The Hall–Kier alpha value is -2.24. The van der Waals surface area contributed by atoms with Crippen molar-refractivity contribution in [3.05, 3.63) is 30.4 Å². The molecule has 1 aliphatic heterocycles. The monoisotopic (exact) mass is 394 g/mol. The smallest absolute Gasteiger partial charge is 0.259 e. The molecule has 3 aliphatic rings. The third-order valence-corrected chi connectivity index (χ3v) is 7.05. The van der Waals surface area contributed by atoms with Crippen molar-refractivity contribution in [3.8, 4) is 11.5 Å². The van der Waals surface area contributed by atoms with Crippen LogP contribution in [0.15, 0.2) is 29.0 Å². The van der Waals surface area contributed by atoms with Gasteiger partial charge < -0.3 is 9.42 Å². The summed E-state index contributed by atoms with van der Waals surface area (Å²) < 4.78 is 5.63. The second-order valence-electron chi connectivity index (χ2n) is 9.37. The Balaban J connectivity index is 1.37. The molecule has 0 aromatic carbocycles. The maximum Gasteiger partial charge on any atom is 0.259 e. The van der Waals surface area contributed by atoms with Crippen LogP contribution in [0, 0.1) is 11.8 Å². The highest BCUT2D eigenvalue weighted by Crippen LogP contribution is 2.46. The Labute approximate surface area is 172 Å². The fourth-order valence-corrected chi connectivity index (χ4v) is 5.30. The van der Waals surface area contributed by atoms with Gasteiger partial charge in [0.1, 0.15) is 0 Å². The highest BCUT2D eigenvalue weighted by molar-refractivity contribution is 5.76. The van der Waals surface area contributed by atoms with Crippen LogP contribution in [0.5, 0.6) is 0 Å². The van der Waals surface area contributed by atoms with E-state index < -0.39 is 0 Å². The van der Waals surface area contributed by atoms with E-state index in [-0.39, 0.29) is 5.41 Å². The Morgan fingerprint density at radius 2 is 2.03 bits per heavy atom. The Bertz CT molecular complexity index is 842. The van der Waals surface area contributed by atoms with Gasteiger partial charge in [-0.1, -0.05) is 30.8 Å². The van der Waals surface area contributed by atoms with Crippen LogP contribution in [0.2, 0.25) is 0 Å². The molecule has 0 N–H and O–H groups in total. The molecule has 29 heavy (non-hydrogen) atoms. The van der Waals surface area contributed by atoms with Gasteiger partial charge in [-0.05, 0) is 56.1 Å². The van der Waals surface area contributed by atoms with E-state index in [1.54, 1.807) is 12.4 Å².